The molecule has 0 spiro atoms. The number of quaternary nitrogens is 2. The predicted molar refractivity (Wildman–Crippen MR) is 245 cm³/mol. The van der Waals surface area contributed by atoms with Gasteiger partial charge in [-0.2, -0.15) is 0 Å². The van der Waals surface area contributed by atoms with Gasteiger partial charge in [-0.1, -0.05) is 234 Å². The number of unbranched alkanes of at least 4 members (excludes halogenated alkanes) is 30. The van der Waals surface area contributed by atoms with Crippen molar-refractivity contribution in [2.45, 2.75) is 322 Å². The molecule has 0 heterocycles. The van der Waals surface area contributed by atoms with Crippen molar-refractivity contribution in [1.82, 2.24) is 0 Å². The van der Waals surface area contributed by atoms with E-state index in [2.05, 4.69) is 41.5 Å². The van der Waals surface area contributed by atoms with Crippen molar-refractivity contribution in [2.75, 3.05) is 0 Å². The second-order valence-corrected chi connectivity index (χ2v) is 18.4. The Kier molecular flexibility index (Phi) is 51.6. The van der Waals surface area contributed by atoms with E-state index < -0.39 is 6.16 Å². The van der Waals surface area contributed by atoms with Crippen LogP contribution in [0.4, 0.5) is 4.79 Å². The molecule has 6 N–H and O–H groups in total. The van der Waals surface area contributed by atoms with E-state index in [1.807, 2.05) is 0 Å². The van der Waals surface area contributed by atoms with Gasteiger partial charge in [0.05, 0.1) is 11.1 Å². The second kappa shape index (κ2) is 48.6. The van der Waals surface area contributed by atoms with Crippen LogP contribution in [0.2, 0.25) is 0 Å². The van der Waals surface area contributed by atoms with Crippen molar-refractivity contribution in [1.29, 1.82) is 0 Å². The molecule has 0 unspecified atom stereocenters. The Morgan fingerprint density at radius 2 is 0.393 bits per heavy atom. The molecule has 0 aliphatic heterocycles. The summed E-state index contributed by atoms with van der Waals surface area (Å²) in [5.74, 6) is 0. The summed E-state index contributed by atoms with van der Waals surface area (Å²) < 4.78 is 0. The lowest BCUT2D eigenvalue weighted by atomic mass is 9.82. The first-order valence-corrected chi connectivity index (χ1v) is 25.7. The molecule has 0 saturated carbocycles. The van der Waals surface area contributed by atoms with Gasteiger partial charge in [0.15, 0.2) is 0 Å². The zero-order chi connectivity index (χ0) is 42.3. The van der Waals surface area contributed by atoms with Gasteiger partial charge in [-0.3, -0.25) is 0 Å². The molecule has 5 heteroatoms. The van der Waals surface area contributed by atoms with Gasteiger partial charge in [0.2, 0.25) is 0 Å². The van der Waals surface area contributed by atoms with E-state index in [9.17, 15) is 0 Å². The molecule has 0 atom stereocenters. The number of carboxylic acid groups (broad SMARTS) is 2. The summed E-state index contributed by atoms with van der Waals surface area (Å²) in [6.45, 7) is 13.8. The smallest absolute Gasteiger partial charge is 0.0945 e. The monoisotopic (exact) mass is 797 g/mol. The lowest BCUT2D eigenvalue weighted by Gasteiger charge is -2.26. The molecule has 5 nitrogen and oxygen atoms in total. The normalized spacial score (nSPS) is 11.6. The van der Waals surface area contributed by atoms with E-state index in [0.29, 0.717) is 11.1 Å². The van der Waals surface area contributed by atoms with Crippen molar-refractivity contribution in [3.05, 3.63) is 0 Å². The number of hydrogen-bond donors (Lipinski definition) is 2. The summed E-state index contributed by atoms with van der Waals surface area (Å²) in [5.41, 5.74) is 10.3. The predicted octanol–water partition coefficient (Wildman–Crippen LogP) is 14.0. The minimum Gasteiger partial charge on any atom is -0.652 e. The third-order valence-corrected chi connectivity index (χ3v) is 12.4. The van der Waals surface area contributed by atoms with Crippen LogP contribution in [0, 0.1) is 0 Å². The zero-order valence-electron chi connectivity index (χ0n) is 39.8. The van der Waals surface area contributed by atoms with Gasteiger partial charge in [-0.05, 0) is 44.7 Å². The van der Waals surface area contributed by atoms with Crippen LogP contribution in [-0.4, -0.2) is 17.2 Å². The first-order valence-electron chi connectivity index (χ1n) is 25.7. The van der Waals surface area contributed by atoms with E-state index in [1.165, 1.54) is 270 Å². The Morgan fingerprint density at radius 3 is 0.518 bits per heavy atom. The van der Waals surface area contributed by atoms with Crippen LogP contribution in [0.15, 0.2) is 0 Å². The maximum Gasteiger partial charge on any atom is 0.0945 e. The van der Waals surface area contributed by atoms with Crippen molar-refractivity contribution < 1.29 is 26.5 Å². The Labute approximate surface area is 353 Å². The molecule has 0 aromatic rings. The van der Waals surface area contributed by atoms with E-state index >= 15 is 0 Å². The van der Waals surface area contributed by atoms with Crippen LogP contribution >= 0.6 is 0 Å². The summed E-state index contributed by atoms with van der Waals surface area (Å²) in [6, 6.07) is 0. The van der Waals surface area contributed by atoms with Crippen LogP contribution in [0.5, 0.6) is 0 Å². The van der Waals surface area contributed by atoms with Crippen molar-refractivity contribution in [3.8, 4) is 0 Å². The largest absolute Gasteiger partial charge is 0.652 e. The number of hydrogen-bond acceptors (Lipinski definition) is 3. The highest BCUT2D eigenvalue weighted by molar-refractivity contribution is 5.47. The molecular weight excluding hydrogens is 689 g/mol. The maximum absolute atomic E-state index is 8.33. The molecule has 340 valence electrons. The molecule has 0 aliphatic carbocycles. The summed E-state index contributed by atoms with van der Waals surface area (Å²) >= 11 is 0. The van der Waals surface area contributed by atoms with Crippen LogP contribution in [0.1, 0.15) is 311 Å². The van der Waals surface area contributed by atoms with Crippen LogP contribution in [-0.2, 0) is 0 Å². The zero-order valence-corrected chi connectivity index (χ0v) is 39.8. The lowest BCUT2D eigenvalue weighted by molar-refractivity contribution is -0.484. The molecular formula is C51H108N2O3. The molecule has 0 radical (unpaired) electrons. The standard InChI is InChI=1S/2C25H53N.CH2O3/c2*1-4-7-10-13-16-19-22-25(26,23-20-17-14-11-8-5-2)24-21-18-15-12-9-6-3;2-1(3)4/h2*4-24,26H2,1-3H3;(H2,2,3,4). The molecule has 0 saturated heterocycles. The minimum absolute atomic E-state index is 0.389. The fraction of sp³-hybridized carbons (Fsp3) is 0.980. The summed E-state index contributed by atoms with van der Waals surface area (Å²) in [6.07, 6.45) is 57.0. The highest BCUT2D eigenvalue weighted by Gasteiger charge is 2.28. The number of carbonyl (C=O) groups is 1. The van der Waals surface area contributed by atoms with Gasteiger partial charge in [0.1, 0.15) is 0 Å². The van der Waals surface area contributed by atoms with Crippen LogP contribution in [0.25, 0.3) is 0 Å². The number of carbonyl (C=O) groups excluding carboxylic acids is 1. The molecule has 0 fully saturated rings. The van der Waals surface area contributed by atoms with Gasteiger partial charge in [-0.15, -0.1) is 0 Å². The molecule has 0 aromatic heterocycles. The van der Waals surface area contributed by atoms with E-state index in [4.69, 9.17) is 26.5 Å². The first kappa shape index (κ1) is 59.5. The van der Waals surface area contributed by atoms with Crippen molar-refractivity contribution in [3.63, 3.8) is 0 Å². The Morgan fingerprint density at radius 1 is 0.286 bits per heavy atom. The number of rotatable bonds is 42. The lowest BCUT2D eigenvalue weighted by Crippen LogP contribution is -2.72. The van der Waals surface area contributed by atoms with Crippen LogP contribution < -0.4 is 21.7 Å². The van der Waals surface area contributed by atoms with Crippen molar-refractivity contribution in [2.24, 2.45) is 0 Å². The van der Waals surface area contributed by atoms with E-state index in [-0.39, 0.29) is 0 Å². The van der Waals surface area contributed by atoms with Crippen LogP contribution in [0.3, 0.4) is 0 Å². The third kappa shape index (κ3) is 51.2. The maximum atomic E-state index is 8.33. The average molecular weight is 797 g/mol. The quantitative estimate of drug-likeness (QED) is 0.0599. The Balaban J connectivity index is -0.000000914. The van der Waals surface area contributed by atoms with E-state index in [0.717, 1.165) is 0 Å². The minimum atomic E-state index is -2.33. The highest BCUT2D eigenvalue weighted by atomic mass is 16.6. The molecule has 56 heavy (non-hydrogen) atoms. The van der Waals surface area contributed by atoms with E-state index in [1.54, 1.807) is 0 Å². The van der Waals surface area contributed by atoms with Crippen molar-refractivity contribution >= 4 is 6.16 Å². The van der Waals surface area contributed by atoms with Gasteiger partial charge in [0, 0.05) is 38.5 Å². The average Bonchev–Trinajstić information content (AvgIpc) is 3.17. The Hall–Kier alpha value is -0.810. The van der Waals surface area contributed by atoms with Gasteiger partial charge >= 0.3 is 0 Å². The molecule has 0 amide bonds. The second-order valence-electron chi connectivity index (χ2n) is 18.4. The third-order valence-electron chi connectivity index (χ3n) is 12.4. The molecule has 0 aromatic carbocycles. The summed E-state index contributed by atoms with van der Waals surface area (Å²) in [5, 5.41) is 16.7. The fourth-order valence-corrected chi connectivity index (χ4v) is 8.43. The first-order chi connectivity index (χ1) is 27.1. The summed E-state index contributed by atoms with van der Waals surface area (Å²) in [7, 11) is 0. The topological polar surface area (TPSA) is 118 Å². The molecule has 0 rings (SSSR count). The molecule has 0 aliphatic rings. The van der Waals surface area contributed by atoms with Gasteiger partial charge < -0.3 is 26.5 Å². The Bertz CT molecular complexity index is 590. The molecule has 0 bridgehead atoms. The summed E-state index contributed by atoms with van der Waals surface area (Å²) in [4.78, 5) is 8.33. The highest BCUT2D eigenvalue weighted by Crippen LogP contribution is 2.27. The SMILES string of the molecule is CCCCCCCCC([NH3+])(CCCCCCCC)CCCCCCCC.CCCCCCCCC([NH3+])(CCCCCCCC)CCCCCCCC.O=C([O-])[O-]. The van der Waals surface area contributed by atoms with Gasteiger partial charge in [0.25, 0.3) is 0 Å². The van der Waals surface area contributed by atoms with Gasteiger partial charge in [-0.25, -0.2) is 0 Å². The fourth-order valence-electron chi connectivity index (χ4n) is 8.43.